The van der Waals surface area contributed by atoms with Crippen molar-refractivity contribution < 1.29 is 31.8 Å². The maximum absolute atomic E-state index is 12.5. The summed E-state index contributed by atoms with van der Waals surface area (Å²) in [5.41, 5.74) is 0. The summed E-state index contributed by atoms with van der Waals surface area (Å²) in [4.78, 5) is 10.7. The van der Waals surface area contributed by atoms with Gasteiger partial charge in [0.1, 0.15) is 6.04 Å². The van der Waals surface area contributed by atoms with E-state index in [1.807, 2.05) is 0 Å². The molecule has 8 nitrogen and oxygen atoms in total. The maximum atomic E-state index is 12.5. The Hall–Kier alpha value is -1.49. The molecule has 1 aromatic carbocycles. The van der Waals surface area contributed by atoms with Crippen LogP contribution in [-0.4, -0.2) is 62.3 Å². The van der Waals surface area contributed by atoms with E-state index >= 15 is 0 Å². The summed E-state index contributed by atoms with van der Waals surface area (Å²) in [6, 6.07) is 3.11. The van der Waals surface area contributed by atoms with Crippen LogP contribution in [0.5, 0.6) is 0 Å². The fraction of sp³-hybridized carbons (Fsp3) is 0.417. The van der Waals surface area contributed by atoms with Crippen molar-refractivity contribution >= 4 is 25.8 Å². The van der Waals surface area contributed by atoms with Crippen LogP contribution in [0.3, 0.4) is 0 Å². The number of aliphatic hydroxyl groups is 1. The monoisotopic (exact) mass is 349 g/mol. The van der Waals surface area contributed by atoms with Crippen molar-refractivity contribution in [1.82, 2.24) is 4.31 Å². The first-order chi connectivity index (χ1) is 10.0. The molecule has 2 rings (SSSR count). The second kappa shape index (κ2) is 5.61. The molecule has 0 bridgehead atoms. The number of carboxylic acids is 1. The average Bonchev–Trinajstić information content (AvgIpc) is 2.80. The molecule has 1 saturated heterocycles. The Morgan fingerprint density at radius 1 is 1.23 bits per heavy atom. The van der Waals surface area contributed by atoms with E-state index in [1.165, 1.54) is 18.2 Å². The maximum Gasteiger partial charge on any atom is 0.324 e. The quantitative estimate of drug-likeness (QED) is 0.735. The highest BCUT2D eigenvalue weighted by molar-refractivity contribution is 7.91. The Morgan fingerprint density at radius 2 is 1.82 bits per heavy atom. The molecule has 122 valence electrons. The summed E-state index contributed by atoms with van der Waals surface area (Å²) in [7, 11) is -7.82. The molecule has 1 unspecified atom stereocenters. The molecule has 1 fully saturated rings. The fourth-order valence-corrected chi connectivity index (χ4v) is 4.72. The Bertz CT molecular complexity index is 801. The van der Waals surface area contributed by atoms with Crippen LogP contribution in [0.2, 0.25) is 0 Å². The van der Waals surface area contributed by atoms with Gasteiger partial charge < -0.3 is 10.2 Å². The first kappa shape index (κ1) is 16.9. The van der Waals surface area contributed by atoms with Gasteiger partial charge in [-0.25, -0.2) is 16.8 Å². The van der Waals surface area contributed by atoms with Gasteiger partial charge in [-0.2, -0.15) is 4.31 Å². The van der Waals surface area contributed by atoms with Gasteiger partial charge in [-0.05, 0) is 24.6 Å². The largest absolute Gasteiger partial charge is 0.480 e. The summed E-state index contributed by atoms with van der Waals surface area (Å²) in [6.45, 7) is -0.149. The van der Waals surface area contributed by atoms with E-state index in [1.54, 1.807) is 0 Å². The molecule has 1 aromatic rings. The lowest BCUT2D eigenvalue weighted by molar-refractivity contribution is -0.143. The van der Waals surface area contributed by atoms with Gasteiger partial charge in [0.05, 0.1) is 15.9 Å². The normalized spacial score (nSPS) is 23.5. The van der Waals surface area contributed by atoms with Crippen LogP contribution < -0.4 is 0 Å². The number of sulfonamides is 1. The zero-order valence-corrected chi connectivity index (χ0v) is 13.2. The number of hydrogen-bond acceptors (Lipinski definition) is 6. The molecule has 2 atom stereocenters. The fourth-order valence-electron chi connectivity index (χ4n) is 2.31. The summed E-state index contributed by atoms with van der Waals surface area (Å²) in [5.74, 6) is -1.45. The standard InChI is InChI=1S/C12H15NO7S2/c1-21(17,18)8-3-2-4-9(7-8)22(19,20)13-6-5-10(14)11(13)12(15)16/h2-4,7,10-11,14H,5-6H2,1H3,(H,15,16)/t10-,11?/m0/s1. The highest BCUT2D eigenvalue weighted by Gasteiger charge is 2.45. The van der Waals surface area contributed by atoms with Gasteiger partial charge >= 0.3 is 5.97 Å². The van der Waals surface area contributed by atoms with Crippen LogP contribution in [0.1, 0.15) is 6.42 Å². The molecule has 0 radical (unpaired) electrons. The molecule has 0 saturated carbocycles. The van der Waals surface area contributed by atoms with E-state index in [4.69, 9.17) is 5.11 Å². The lowest BCUT2D eigenvalue weighted by Crippen LogP contribution is -2.44. The Labute approximate surface area is 128 Å². The molecule has 1 heterocycles. The van der Waals surface area contributed by atoms with E-state index in [0.29, 0.717) is 4.31 Å². The SMILES string of the molecule is CS(=O)(=O)c1cccc(S(=O)(=O)N2CC[C@H](O)C2C(=O)O)c1. The van der Waals surface area contributed by atoms with E-state index in [-0.39, 0.29) is 22.8 Å². The number of benzene rings is 1. The Morgan fingerprint density at radius 3 is 2.36 bits per heavy atom. The number of nitrogens with zero attached hydrogens (tertiary/aromatic N) is 1. The third-order valence-corrected chi connectivity index (χ3v) is 6.40. The third kappa shape index (κ3) is 3.00. The number of hydrogen-bond donors (Lipinski definition) is 2. The smallest absolute Gasteiger partial charge is 0.324 e. The highest BCUT2D eigenvalue weighted by Crippen LogP contribution is 2.27. The van der Waals surface area contributed by atoms with Crippen molar-refractivity contribution in [3.63, 3.8) is 0 Å². The Balaban J connectivity index is 2.50. The van der Waals surface area contributed by atoms with Crippen molar-refractivity contribution in [2.24, 2.45) is 0 Å². The molecule has 10 heteroatoms. The molecule has 1 aliphatic heterocycles. The topological polar surface area (TPSA) is 129 Å². The number of carboxylic acid groups (broad SMARTS) is 1. The minimum Gasteiger partial charge on any atom is -0.480 e. The lowest BCUT2D eigenvalue weighted by Gasteiger charge is -2.22. The van der Waals surface area contributed by atoms with Gasteiger partial charge in [0, 0.05) is 12.8 Å². The predicted molar refractivity (Wildman–Crippen MR) is 75.5 cm³/mol. The third-order valence-electron chi connectivity index (χ3n) is 3.41. The average molecular weight is 349 g/mol. The number of aliphatic carboxylic acids is 1. The number of sulfone groups is 1. The van der Waals surface area contributed by atoms with Crippen molar-refractivity contribution in [2.45, 2.75) is 28.4 Å². The number of aliphatic hydroxyl groups excluding tert-OH is 1. The molecule has 2 N–H and O–H groups in total. The van der Waals surface area contributed by atoms with Crippen LogP contribution in [0.25, 0.3) is 0 Å². The predicted octanol–water partition coefficient (Wildman–Crippen LogP) is -0.701. The summed E-state index contributed by atoms with van der Waals surface area (Å²) < 4.78 is 48.8. The first-order valence-corrected chi connectivity index (χ1v) is 9.61. The minimum absolute atomic E-state index is 0.00195. The van der Waals surface area contributed by atoms with Crippen LogP contribution in [0.15, 0.2) is 34.1 Å². The summed E-state index contributed by atoms with van der Waals surface area (Å²) >= 11 is 0. The van der Waals surface area contributed by atoms with Gasteiger partial charge in [-0.1, -0.05) is 6.07 Å². The van der Waals surface area contributed by atoms with Crippen LogP contribution >= 0.6 is 0 Å². The van der Waals surface area contributed by atoms with Crippen molar-refractivity contribution in [3.8, 4) is 0 Å². The molecular formula is C12H15NO7S2. The van der Waals surface area contributed by atoms with E-state index in [0.717, 1.165) is 12.3 Å². The van der Waals surface area contributed by atoms with E-state index in [9.17, 15) is 26.7 Å². The zero-order chi connectivity index (χ0) is 16.7. The number of carbonyl (C=O) groups is 1. The van der Waals surface area contributed by atoms with Crippen LogP contribution in [0.4, 0.5) is 0 Å². The van der Waals surface area contributed by atoms with Gasteiger partial charge in [-0.3, -0.25) is 4.79 Å². The van der Waals surface area contributed by atoms with Crippen LogP contribution in [-0.2, 0) is 24.7 Å². The van der Waals surface area contributed by atoms with Gasteiger partial charge in [0.2, 0.25) is 10.0 Å². The van der Waals surface area contributed by atoms with Crippen molar-refractivity contribution in [2.75, 3.05) is 12.8 Å². The molecule has 0 aromatic heterocycles. The van der Waals surface area contributed by atoms with Crippen molar-refractivity contribution in [3.05, 3.63) is 24.3 Å². The van der Waals surface area contributed by atoms with Gasteiger partial charge in [0.15, 0.2) is 9.84 Å². The van der Waals surface area contributed by atoms with Crippen LogP contribution in [0, 0.1) is 0 Å². The molecule has 0 spiro atoms. The summed E-state index contributed by atoms with van der Waals surface area (Å²) in [6.07, 6.45) is -0.356. The molecule has 0 aliphatic carbocycles. The minimum atomic E-state index is -4.22. The molecule has 22 heavy (non-hydrogen) atoms. The van der Waals surface area contributed by atoms with E-state index < -0.39 is 38.0 Å². The Kier molecular flexibility index (Phi) is 4.30. The van der Waals surface area contributed by atoms with Gasteiger partial charge in [-0.15, -0.1) is 0 Å². The summed E-state index contributed by atoms with van der Waals surface area (Å²) in [5, 5.41) is 18.7. The second-order valence-electron chi connectivity index (χ2n) is 5.00. The van der Waals surface area contributed by atoms with Gasteiger partial charge in [0.25, 0.3) is 0 Å². The first-order valence-electron chi connectivity index (χ1n) is 6.28. The second-order valence-corrected chi connectivity index (χ2v) is 8.91. The molecule has 1 aliphatic rings. The highest BCUT2D eigenvalue weighted by atomic mass is 32.2. The molecular weight excluding hydrogens is 334 g/mol. The van der Waals surface area contributed by atoms with E-state index in [2.05, 4.69) is 0 Å². The molecule has 0 amide bonds. The zero-order valence-electron chi connectivity index (χ0n) is 11.6. The lowest BCUT2D eigenvalue weighted by atomic mass is 10.2. The van der Waals surface area contributed by atoms with Crippen molar-refractivity contribution in [1.29, 1.82) is 0 Å². The number of rotatable bonds is 4.